The van der Waals surface area contributed by atoms with Crippen LogP contribution < -0.4 is 14.4 Å². The number of hydrogen-bond acceptors (Lipinski definition) is 8. The molecule has 0 aliphatic carbocycles. The van der Waals surface area contributed by atoms with E-state index in [4.69, 9.17) is 14.5 Å². The summed E-state index contributed by atoms with van der Waals surface area (Å²) in [6.45, 7) is 0.867. The van der Waals surface area contributed by atoms with Crippen molar-refractivity contribution in [2.24, 2.45) is 5.92 Å². The topological polar surface area (TPSA) is 102 Å². The summed E-state index contributed by atoms with van der Waals surface area (Å²) in [7, 11) is -0.219. The van der Waals surface area contributed by atoms with Crippen molar-refractivity contribution in [3.63, 3.8) is 0 Å². The number of methoxy groups -OCH3 is 2. The number of ether oxygens (including phenoxy) is 2. The van der Waals surface area contributed by atoms with E-state index >= 15 is 0 Å². The number of pyridine rings is 1. The van der Waals surface area contributed by atoms with E-state index in [0.717, 1.165) is 10.3 Å². The molecule has 176 valence electrons. The van der Waals surface area contributed by atoms with Gasteiger partial charge >= 0.3 is 0 Å². The first-order valence-electron chi connectivity index (χ1n) is 10.5. The Labute approximate surface area is 197 Å². The van der Waals surface area contributed by atoms with Gasteiger partial charge in [-0.1, -0.05) is 17.4 Å². The summed E-state index contributed by atoms with van der Waals surface area (Å²) >= 11 is 1.34. The van der Waals surface area contributed by atoms with Crippen molar-refractivity contribution < 1.29 is 22.7 Å². The predicted molar refractivity (Wildman–Crippen MR) is 127 cm³/mol. The van der Waals surface area contributed by atoms with Crippen molar-refractivity contribution in [3.05, 3.63) is 42.2 Å². The van der Waals surface area contributed by atoms with E-state index in [0.29, 0.717) is 41.5 Å². The van der Waals surface area contributed by atoms with E-state index in [1.807, 2.05) is 18.2 Å². The minimum atomic E-state index is -3.37. The normalized spacial score (nSPS) is 17.1. The van der Waals surface area contributed by atoms with Crippen molar-refractivity contribution in [2.75, 3.05) is 38.5 Å². The minimum Gasteiger partial charge on any atom is -0.495 e. The van der Waals surface area contributed by atoms with Crippen LogP contribution in [-0.4, -0.2) is 62.2 Å². The zero-order chi connectivity index (χ0) is 23.6. The van der Waals surface area contributed by atoms with Gasteiger partial charge in [-0.25, -0.2) is 17.7 Å². The fraction of sp³-hybridized carbons (Fsp3) is 0.409. The zero-order valence-electron chi connectivity index (χ0n) is 18.7. The molecule has 2 aromatic heterocycles. The van der Waals surface area contributed by atoms with Crippen LogP contribution in [0.1, 0.15) is 18.4 Å². The maximum Gasteiger partial charge on any atom is 0.233 e. The number of rotatable bonds is 7. The molecule has 0 saturated carbocycles. The van der Waals surface area contributed by atoms with Crippen LogP contribution in [-0.2, 0) is 21.4 Å². The van der Waals surface area contributed by atoms with Gasteiger partial charge in [-0.05, 0) is 36.6 Å². The second kappa shape index (κ2) is 9.62. The third kappa shape index (κ3) is 4.94. The number of anilines is 1. The van der Waals surface area contributed by atoms with E-state index in [9.17, 15) is 13.2 Å². The number of nitrogens with zero attached hydrogens (tertiary/aromatic N) is 4. The number of amides is 1. The molecule has 3 aromatic rings. The molecule has 1 aliphatic heterocycles. The summed E-state index contributed by atoms with van der Waals surface area (Å²) in [6.07, 6.45) is 5.81. The van der Waals surface area contributed by atoms with E-state index in [1.165, 1.54) is 21.9 Å². The molecule has 1 aromatic carbocycles. The average molecular weight is 491 g/mol. The third-order valence-corrected chi connectivity index (χ3v) is 8.02. The predicted octanol–water partition coefficient (Wildman–Crippen LogP) is 2.91. The zero-order valence-corrected chi connectivity index (χ0v) is 20.4. The van der Waals surface area contributed by atoms with Gasteiger partial charge in [0.25, 0.3) is 0 Å². The number of aromatic nitrogens is 2. The molecule has 33 heavy (non-hydrogen) atoms. The average Bonchev–Trinajstić information content (AvgIpc) is 3.27. The van der Waals surface area contributed by atoms with Gasteiger partial charge in [0.1, 0.15) is 21.7 Å². The monoisotopic (exact) mass is 490 g/mol. The number of piperidine rings is 1. The van der Waals surface area contributed by atoms with Crippen LogP contribution in [0.3, 0.4) is 0 Å². The quantitative estimate of drug-likeness (QED) is 0.502. The van der Waals surface area contributed by atoms with Gasteiger partial charge in [0.15, 0.2) is 5.13 Å². The Morgan fingerprint density at radius 2 is 2.00 bits per heavy atom. The van der Waals surface area contributed by atoms with Gasteiger partial charge in [0, 0.05) is 25.5 Å². The second-order valence-corrected chi connectivity index (χ2v) is 10.9. The number of hydrogen-bond donors (Lipinski definition) is 0. The van der Waals surface area contributed by atoms with Crippen LogP contribution in [0.4, 0.5) is 5.13 Å². The van der Waals surface area contributed by atoms with E-state index in [-0.39, 0.29) is 19.0 Å². The summed E-state index contributed by atoms with van der Waals surface area (Å²) in [5.74, 6) is 0.609. The lowest BCUT2D eigenvalue weighted by atomic mass is 9.98. The van der Waals surface area contributed by atoms with Gasteiger partial charge in [0.05, 0.1) is 32.9 Å². The van der Waals surface area contributed by atoms with Crippen LogP contribution in [0.2, 0.25) is 0 Å². The maximum absolute atomic E-state index is 13.7. The Morgan fingerprint density at radius 3 is 2.67 bits per heavy atom. The van der Waals surface area contributed by atoms with Crippen molar-refractivity contribution in [2.45, 2.75) is 19.4 Å². The Balaban J connectivity index is 1.75. The molecule has 0 N–H and O–H groups in total. The molecule has 9 nitrogen and oxygen atoms in total. The number of benzene rings is 1. The maximum atomic E-state index is 13.7. The van der Waals surface area contributed by atoms with Crippen molar-refractivity contribution in [1.29, 1.82) is 0 Å². The molecule has 3 heterocycles. The standard InChI is InChI=1S/C22H26N4O5S2/c1-30-17-8-9-18(31-2)20-19(17)24-22(32-20)26(13-15-6-4-10-23-12-15)21(27)16-7-5-11-25(14-16)33(3,28)29/h4,6,8-10,12,16H,5,7,11,13-14H2,1-3H3. The Kier molecular flexibility index (Phi) is 6.82. The van der Waals surface area contributed by atoms with Gasteiger partial charge in [-0.15, -0.1) is 0 Å². The van der Waals surface area contributed by atoms with Crippen molar-refractivity contribution in [3.8, 4) is 11.5 Å². The molecule has 0 spiro atoms. The molecule has 11 heteroatoms. The second-order valence-electron chi connectivity index (χ2n) is 7.89. The smallest absolute Gasteiger partial charge is 0.233 e. The van der Waals surface area contributed by atoms with Crippen LogP contribution >= 0.6 is 11.3 Å². The highest BCUT2D eigenvalue weighted by atomic mass is 32.2. The third-order valence-electron chi connectivity index (χ3n) is 5.66. The Hall–Kier alpha value is -2.76. The first kappa shape index (κ1) is 23.4. The molecular formula is C22H26N4O5S2. The lowest BCUT2D eigenvalue weighted by Crippen LogP contribution is -2.46. The Bertz CT molecular complexity index is 1210. The Morgan fingerprint density at radius 1 is 1.24 bits per heavy atom. The molecule has 1 unspecified atom stereocenters. The van der Waals surface area contributed by atoms with Gasteiger partial charge in [-0.3, -0.25) is 14.7 Å². The SMILES string of the molecule is COc1ccc(OC)c2sc(N(Cc3cccnc3)C(=O)C3CCCN(S(C)(=O)=O)C3)nc12. The fourth-order valence-corrected chi connectivity index (χ4v) is 5.96. The molecule has 1 amide bonds. The van der Waals surface area contributed by atoms with E-state index in [1.54, 1.807) is 37.6 Å². The molecule has 4 rings (SSSR count). The summed E-state index contributed by atoms with van der Waals surface area (Å²) in [6, 6.07) is 7.30. The lowest BCUT2D eigenvalue weighted by Gasteiger charge is -2.33. The van der Waals surface area contributed by atoms with E-state index in [2.05, 4.69) is 4.98 Å². The molecular weight excluding hydrogens is 464 g/mol. The fourth-order valence-electron chi connectivity index (χ4n) is 3.97. The van der Waals surface area contributed by atoms with Crippen LogP contribution in [0.15, 0.2) is 36.7 Å². The van der Waals surface area contributed by atoms with Crippen LogP contribution in [0.25, 0.3) is 10.2 Å². The summed E-state index contributed by atoms with van der Waals surface area (Å²) in [5.41, 5.74) is 1.46. The lowest BCUT2D eigenvalue weighted by molar-refractivity contribution is -0.123. The van der Waals surface area contributed by atoms with Gasteiger partial charge < -0.3 is 9.47 Å². The van der Waals surface area contributed by atoms with Crippen LogP contribution in [0, 0.1) is 5.92 Å². The summed E-state index contributed by atoms with van der Waals surface area (Å²) in [4.78, 5) is 24.3. The molecule has 0 bridgehead atoms. The number of carbonyl (C=O) groups excluding carboxylic acids is 1. The number of thiazole rings is 1. The molecule has 1 aliphatic rings. The first-order chi connectivity index (χ1) is 15.8. The first-order valence-corrected chi connectivity index (χ1v) is 13.1. The number of fused-ring (bicyclic) bond motifs is 1. The van der Waals surface area contributed by atoms with Crippen molar-refractivity contribution in [1.82, 2.24) is 14.3 Å². The van der Waals surface area contributed by atoms with Crippen molar-refractivity contribution >= 4 is 42.6 Å². The highest BCUT2D eigenvalue weighted by Gasteiger charge is 2.34. The molecule has 0 radical (unpaired) electrons. The molecule has 1 fully saturated rings. The van der Waals surface area contributed by atoms with Gasteiger partial charge in [0.2, 0.25) is 15.9 Å². The van der Waals surface area contributed by atoms with Crippen LogP contribution in [0.5, 0.6) is 11.5 Å². The highest BCUT2D eigenvalue weighted by Crippen LogP contribution is 2.41. The summed E-state index contributed by atoms with van der Waals surface area (Å²) in [5, 5.41) is 0.498. The number of carbonyl (C=O) groups is 1. The minimum absolute atomic E-state index is 0.163. The molecule has 1 atom stereocenters. The molecule has 1 saturated heterocycles. The summed E-state index contributed by atoms with van der Waals surface area (Å²) < 4.78 is 37.3. The largest absolute Gasteiger partial charge is 0.495 e. The number of sulfonamides is 1. The highest BCUT2D eigenvalue weighted by molar-refractivity contribution is 7.88. The van der Waals surface area contributed by atoms with Gasteiger partial charge in [-0.2, -0.15) is 0 Å². The van der Waals surface area contributed by atoms with E-state index < -0.39 is 15.9 Å².